The standard InChI is InChI=1S/C28H33NO3/c1-29-25-15-9-8-14-23(25)24-17-16-21(18-26(24)29)27(30)19-22(28(31)32)13-7-3-6-12-20-10-4-2-5-11-20/h2,4-5,10-11,16-18,22H,3,6-9,12-15,19H2,1H3,(H,31,32). The highest BCUT2D eigenvalue weighted by Gasteiger charge is 2.23. The molecule has 4 rings (SSSR count). The summed E-state index contributed by atoms with van der Waals surface area (Å²) >= 11 is 0. The number of carboxylic acid groups (broad SMARTS) is 1. The number of carbonyl (C=O) groups excluding carboxylic acids is 1. The van der Waals surface area contributed by atoms with Crippen molar-refractivity contribution in [2.45, 2.75) is 64.2 Å². The van der Waals surface area contributed by atoms with Gasteiger partial charge < -0.3 is 9.67 Å². The molecule has 0 aliphatic heterocycles. The third kappa shape index (κ3) is 4.95. The van der Waals surface area contributed by atoms with E-state index in [1.807, 2.05) is 30.3 Å². The summed E-state index contributed by atoms with van der Waals surface area (Å²) in [6.07, 6.45) is 9.12. The number of hydrogen-bond donors (Lipinski definition) is 1. The predicted octanol–water partition coefficient (Wildman–Crippen LogP) is 6.13. The molecule has 0 amide bonds. The van der Waals surface area contributed by atoms with Crippen molar-refractivity contribution in [2.75, 3.05) is 0 Å². The summed E-state index contributed by atoms with van der Waals surface area (Å²) in [6.45, 7) is 0. The number of fused-ring (bicyclic) bond motifs is 3. The van der Waals surface area contributed by atoms with Gasteiger partial charge in [-0.3, -0.25) is 9.59 Å². The molecule has 0 spiro atoms. The molecule has 2 aromatic carbocycles. The molecule has 1 aromatic heterocycles. The number of rotatable bonds is 10. The quantitative estimate of drug-likeness (QED) is 0.310. The van der Waals surface area contributed by atoms with Crippen molar-refractivity contribution in [2.24, 2.45) is 13.0 Å². The van der Waals surface area contributed by atoms with Crippen molar-refractivity contribution in [1.29, 1.82) is 0 Å². The van der Waals surface area contributed by atoms with Crippen LogP contribution in [0.1, 0.15) is 72.1 Å². The highest BCUT2D eigenvalue weighted by molar-refractivity contribution is 6.01. The monoisotopic (exact) mass is 431 g/mol. The van der Waals surface area contributed by atoms with Gasteiger partial charge in [-0.05, 0) is 62.1 Å². The zero-order valence-electron chi connectivity index (χ0n) is 19.0. The molecule has 1 aliphatic rings. The molecular formula is C28H33NO3. The van der Waals surface area contributed by atoms with Gasteiger partial charge >= 0.3 is 5.97 Å². The lowest BCUT2D eigenvalue weighted by Gasteiger charge is -2.12. The Kier molecular flexibility index (Phi) is 7.09. The van der Waals surface area contributed by atoms with Gasteiger partial charge in [0.25, 0.3) is 0 Å². The van der Waals surface area contributed by atoms with E-state index in [0.717, 1.165) is 44.0 Å². The first-order valence-electron chi connectivity index (χ1n) is 11.9. The van der Waals surface area contributed by atoms with Crippen LogP contribution in [0, 0.1) is 5.92 Å². The first-order chi connectivity index (χ1) is 15.5. The third-order valence-electron chi connectivity index (χ3n) is 6.99. The lowest BCUT2D eigenvalue weighted by molar-refractivity contribution is -0.141. The Morgan fingerprint density at radius 3 is 2.56 bits per heavy atom. The second-order valence-corrected chi connectivity index (χ2v) is 9.17. The number of benzene rings is 2. The maximum atomic E-state index is 13.0. The molecule has 0 radical (unpaired) electrons. The van der Waals surface area contributed by atoms with Crippen molar-refractivity contribution in [3.63, 3.8) is 0 Å². The normalized spacial score (nSPS) is 14.3. The van der Waals surface area contributed by atoms with Crippen molar-refractivity contribution in [3.8, 4) is 0 Å². The summed E-state index contributed by atoms with van der Waals surface area (Å²) in [6, 6.07) is 16.3. The average Bonchev–Trinajstić information content (AvgIpc) is 3.10. The van der Waals surface area contributed by atoms with E-state index in [2.05, 4.69) is 29.8 Å². The van der Waals surface area contributed by atoms with Gasteiger partial charge in [0.05, 0.1) is 5.92 Å². The molecule has 0 saturated heterocycles. The molecule has 0 saturated carbocycles. The van der Waals surface area contributed by atoms with Crippen molar-refractivity contribution in [3.05, 3.63) is 70.9 Å². The Balaban J connectivity index is 1.35. The minimum atomic E-state index is -0.864. The molecule has 1 aliphatic carbocycles. The average molecular weight is 432 g/mol. The molecule has 1 N–H and O–H groups in total. The van der Waals surface area contributed by atoms with Gasteiger partial charge in [-0.2, -0.15) is 0 Å². The minimum Gasteiger partial charge on any atom is -0.481 e. The van der Waals surface area contributed by atoms with Crippen molar-refractivity contribution in [1.82, 2.24) is 4.57 Å². The first-order valence-corrected chi connectivity index (χ1v) is 11.9. The van der Waals surface area contributed by atoms with Crippen molar-refractivity contribution < 1.29 is 14.7 Å². The highest BCUT2D eigenvalue weighted by atomic mass is 16.4. The summed E-state index contributed by atoms with van der Waals surface area (Å²) < 4.78 is 2.22. The topological polar surface area (TPSA) is 59.3 Å². The van der Waals surface area contributed by atoms with Crippen LogP contribution in [0.25, 0.3) is 10.9 Å². The zero-order chi connectivity index (χ0) is 22.5. The number of carboxylic acids is 1. The van der Waals surface area contributed by atoms with E-state index in [-0.39, 0.29) is 12.2 Å². The molecule has 3 aromatic rings. The summed E-state index contributed by atoms with van der Waals surface area (Å²) in [5, 5.41) is 10.9. The Hall–Kier alpha value is -2.88. The van der Waals surface area contributed by atoms with Gasteiger partial charge in [-0.15, -0.1) is 0 Å². The maximum Gasteiger partial charge on any atom is 0.306 e. The van der Waals surface area contributed by atoms with Gasteiger partial charge in [0, 0.05) is 35.6 Å². The summed E-state index contributed by atoms with van der Waals surface area (Å²) in [4.78, 5) is 24.8. The SMILES string of the molecule is Cn1c2c(c3ccc(C(=O)CC(CCCCCc4ccccc4)C(=O)O)cc31)CCCC2. The lowest BCUT2D eigenvalue weighted by Crippen LogP contribution is -2.18. The number of Topliss-reactive ketones (excluding diaryl/α,β-unsaturated/α-hetero) is 1. The van der Waals surface area contributed by atoms with Gasteiger partial charge in [0.2, 0.25) is 0 Å². The van der Waals surface area contributed by atoms with Gasteiger partial charge in [0.15, 0.2) is 5.78 Å². The number of nitrogens with zero attached hydrogens (tertiary/aromatic N) is 1. The van der Waals surface area contributed by atoms with E-state index in [9.17, 15) is 14.7 Å². The summed E-state index contributed by atoms with van der Waals surface area (Å²) in [5.74, 6) is -1.55. The summed E-state index contributed by atoms with van der Waals surface area (Å²) in [7, 11) is 2.08. The van der Waals surface area contributed by atoms with Gasteiger partial charge in [-0.25, -0.2) is 0 Å². The highest BCUT2D eigenvalue weighted by Crippen LogP contribution is 2.32. The van der Waals surface area contributed by atoms with Crippen LogP contribution in [0.15, 0.2) is 48.5 Å². The Labute approximate surface area is 190 Å². The number of carbonyl (C=O) groups is 2. The number of hydrogen-bond acceptors (Lipinski definition) is 2. The fourth-order valence-corrected chi connectivity index (χ4v) is 5.13. The number of aliphatic carboxylic acids is 1. The molecule has 32 heavy (non-hydrogen) atoms. The van der Waals surface area contributed by atoms with Crippen LogP contribution < -0.4 is 0 Å². The molecule has 1 unspecified atom stereocenters. The first kappa shape index (κ1) is 22.3. The zero-order valence-corrected chi connectivity index (χ0v) is 19.0. The van der Waals surface area contributed by atoms with Crippen LogP contribution >= 0.6 is 0 Å². The number of unbranched alkanes of at least 4 members (excludes halogenated alkanes) is 2. The van der Waals surface area contributed by atoms with Crippen LogP contribution in [-0.2, 0) is 31.1 Å². The van der Waals surface area contributed by atoms with Crippen LogP contribution in [0.2, 0.25) is 0 Å². The van der Waals surface area contributed by atoms with E-state index >= 15 is 0 Å². The van der Waals surface area contributed by atoms with Crippen LogP contribution in [0.4, 0.5) is 0 Å². The van der Waals surface area contributed by atoms with Crippen molar-refractivity contribution >= 4 is 22.7 Å². The third-order valence-corrected chi connectivity index (χ3v) is 6.99. The fourth-order valence-electron chi connectivity index (χ4n) is 5.13. The van der Waals surface area contributed by atoms with Crippen LogP contribution in [0.3, 0.4) is 0 Å². The molecule has 4 nitrogen and oxygen atoms in total. The smallest absolute Gasteiger partial charge is 0.306 e. The number of aromatic nitrogens is 1. The van der Waals surface area contributed by atoms with E-state index in [4.69, 9.17) is 0 Å². The minimum absolute atomic E-state index is 0.0669. The van der Waals surface area contributed by atoms with E-state index in [1.54, 1.807) is 0 Å². The molecule has 168 valence electrons. The lowest BCUT2D eigenvalue weighted by atomic mass is 9.92. The second-order valence-electron chi connectivity index (χ2n) is 9.17. The Bertz CT molecular complexity index is 1100. The van der Waals surface area contributed by atoms with Gasteiger partial charge in [0.1, 0.15) is 0 Å². The maximum absolute atomic E-state index is 13.0. The largest absolute Gasteiger partial charge is 0.481 e. The van der Waals surface area contributed by atoms with E-state index in [1.165, 1.54) is 35.0 Å². The Morgan fingerprint density at radius 1 is 1.00 bits per heavy atom. The molecule has 1 atom stereocenters. The summed E-state index contributed by atoms with van der Waals surface area (Å²) in [5.41, 5.74) is 5.85. The number of aryl methyl sites for hydroxylation is 3. The molecule has 0 bridgehead atoms. The Morgan fingerprint density at radius 2 is 1.78 bits per heavy atom. The molecule has 0 fully saturated rings. The van der Waals surface area contributed by atoms with Gasteiger partial charge in [-0.1, -0.05) is 55.3 Å². The van der Waals surface area contributed by atoms with Crippen LogP contribution in [-0.4, -0.2) is 21.4 Å². The fraction of sp³-hybridized carbons (Fsp3) is 0.429. The predicted molar refractivity (Wildman–Crippen MR) is 128 cm³/mol. The molecule has 1 heterocycles. The molecular weight excluding hydrogens is 398 g/mol. The van der Waals surface area contributed by atoms with E-state index in [0.29, 0.717) is 12.0 Å². The van der Waals surface area contributed by atoms with E-state index < -0.39 is 11.9 Å². The molecule has 4 heteroatoms. The number of ketones is 1. The van der Waals surface area contributed by atoms with Crippen LogP contribution in [0.5, 0.6) is 0 Å². The second kappa shape index (κ2) is 10.2.